The minimum absolute atomic E-state index is 0.720. The number of nitrogens with two attached hydrogens (primary N) is 1. The molecule has 0 aliphatic rings. The van der Waals surface area contributed by atoms with Crippen molar-refractivity contribution in [1.82, 2.24) is 9.88 Å². The molecule has 0 spiro atoms. The second-order valence-corrected chi connectivity index (χ2v) is 4.00. The molecule has 1 aromatic heterocycles. The molecule has 3 nitrogen and oxygen atoms in total. The molecule has 94 valence electrons. The van der Waals surface area contributed by atoms with Crippen LogP contribution in [-0.2, 0) is 13.0 Å². The highest BCUT2D eigenvalue weighted by Gasteiger charge is 2.05. The summed E-state index contributed by atoms with van der Waals surface area (Å²) in [4.78, 5) is 0. The SMILES string of the molecule is CCn1cc(CCN)c2ccccc21.CNC. The first-order chi connectivity index (χ1) is 8.28. The van der Waals surface area contributed by atoms with E-state index in [1.165, 1.54) is 16.5 Å². The maximum absolute atomic E-state index is 5.59. The van der Waals surface area contributed by atoms with E-state index in [-0.39, 0.29) is 0 Å². The summed E-state index contributed by atoms with van der Waals surface area (Å²) in [5.41, 5.74) is 8.28. The third kappa shape index (κ3) is 3.32. The highest BCUT2D eigenvalue weighted by molar-refractivity contribution is 5.83. The van der Waals surface area contributed by atoms with Gasteiger partial charge in [-0.1, -0.05) is 18.2 Å². The van der Waals surface area contributed by atoms with Crippen LogP contribution in [0.1, 0.15) is 12.5 Å². The fourth-order valence-corrected chi connectivity index (χ4v) is 1.94. The van der Waals surface area contributed by atoms with Crippen molar-refractivity contribution in [2.24, 2.45) is 5.73 Å². The number of hydrogen-bond donors (Lipinski definition) is 2. The molecule has 0 radical (unpaired) electrons. The summed E-state index contributed by atoms with van der Waals surface area (Å²) in [5.74, 6) is 0. The van der Waals surface area contributed by atoms with E-state index in [0.717, 1.165) is 19.5 Å². The largest absolute Gasteiger partial charge is 0.347 e. The van der Waals surface area contributed by atoms with E-state index < -0.39 is 0 Å². The van der Waals surface area contributed by atoms with Gasteiger partial charge in [-0.2, -0.15) is 0 Å². The number of rotatable bonds is 3. The van der Waals surface area contributed by atoms with Crippen LogP contribution in [-0.4, -0.2) is 25.2 Å². The zero-order valence-electron chi connectivity index (χ0n) is 11.0. The Morgan fingerprint density at radius 3 is 2.47 bits per heavy atom. The topological polar surface area (TPSA) is 43.0 Å². The number of hydrogen-bond acceptors (Lipinski definition) is 2. The average molecular weight is 233 g/mol. The Morgan fingerprint density at radius 2 is 1.88 bits per heavy atom. The normalized spacial score (nSPS) is 10.1. The number of aryl methyl sites for hydroxylation is 1. The average Bonchev–Trinajstić information content (AvgIpc) is 2.70. The monoisotopic (exact) mass is 233 g/mol. The summed E-state index contributed by atoms with van der Waals surface area (Å²) in [6.07, 6.45) is 3.19. The van der Waals surface area contributed by atoms with Crippen molar-refractivity contribution in [2.75, 3.05) is 20.6 Å². The molecular formula is C14H23N3. The Morgan fingerprint density at radius 1 is 1.24 bits per heavy atom. The van der Waals surface area contributed by atoms with Gasteiger partial charge in [0.1, 0.15) is 0 Å². The molecule has 2 aromatic rings. The van der Waals surface area contributed by atoms with Crippen LogP contribution in [0.5, 0.6) is 0 Å². The molecule has 1 heterocycles. The number of fused-ring (bicyclic) bond motifs is 1. The van der Waals surface area contributed by atoms with Crippen molar-refractivity contribution in [3.05, 3.63) is 36.0 Å². The van der Waals surface area contributed by atoms with Crippen LogP contribution >= 0.6 is 0 Å². The Kier molecular flexibility index (Phi) is 5.73. The van der Waals surface area contributed by atoms with Gasteiger partial charge < -0.3 is 15.6 Å². The lowest BCUT2D eigenvalue weighted by Crippen LogP contribution is -2.02. The van der Waals surface area contributed by atoms with Gasteiger partial charge in [-0.05, 0) is 45.6 Å². The molecule has 1 aromatic carbocycles. The molecule has 0 bridgehead atoms. The Bertz CT molecular complexity index is 446. The first-order valence-corrected chi connectivity index (χ1v) is 6.13. The van der Waals surface area contributed by atoms with Gasteiger partial charge in [-0.15, -0.1) is 0 Å². The summed E-state index contributed by atoms with van der Waals surface area (Å²) in [6.45, 7) is 3.90. The quantitative estimate of drug-likeness (QED) is 0.851. The maximum atomic E-state index is 5.59. The molecule has 0 aliphatic heterocycles. The Balaban J connectivity index is 0.000000437. The fraction of sp³-hybridized carbons (Fsp3) is 0.429. The zero-order valence-corrected chi connectivity index (χ0v) is 11.0. The molecule has 0 unspecified atom stereocenters. The van der Waals surface area contributed by atoms with Gasteiger partial charge in [-0.3, -0.25) is 0 Å². The van der Waals surface area contributed by atoms with Gasteiger partial charge >= 0.3 is 0 Å². The molecule has 2 rings (SSSR count). The second-order valence-electron chi connectivity index (χ2n) is 4.00. The molecule has 3 N–H and O–H groups in total. The van der Waals surface area contributed by atoms with Gasteiger partial charge in [0, 0.05) is 23.6 Å². The van der Waals surface area contributed by atoms with Gasteiger partial charge in [0.2, 0.25) is 0 Å². The minimum Gasteiger partial charge on any atom is -0.347 e. The Hall–Kier alpha value is -1.32. The standard InChI is InChI=1S/C12H16N2.C2H7N/c1-2-14-9-10(7-8-13)11-5-3-4-6-12(11)14;1-3-2/h3-6,9H,2,7-8,13H2,1H3;3H,1-2H3. The highest BCUT2D eigenvalue weighted by Crippen LogP contribution is 2.21. The van der Waals surface area contributed by atoms with E-state index in [2.05, 4.69) is 47.3 Å². The minimum atomic E-state index is 0.720. The molecule has 3 heteroatoms. The molecular weight excluding hydrogens is 210 g/mol. The number of nitrogens with zero attached hydrogens (tertiary/aromatic N) is 1. The van der Waals surface area contributed by atoms with E-state index in [1.54, 1.807) is 0 Å². The van der Waals surface area contributed by atoms with Crippen molar-refractivity contribution in [3.63, 3.8) is 0 Å². The van der Waals surface area contributed by atoms with Crippen LogP contribution < -0.4 is 11.1 Å². The van der Waals surface area contributed by atoms with Crippen LogP contribution in [0.15, 0.2) is 30.5 Å². The van der Waals surface area contributed by atoms with Crippen molar-refractivity contribution in [2.45, 2.75) is 19.9 Å². The lowest BCUT2D eigenvalue weighted by atomic mass is 10.1. The van der Waals surface area contributed by atoms with Gasteiger partial charge in [-0.25, -0.2) is 0 Å². The first-order valence-electron chi connectivity index (χ1n) is 6.13. The molecule has 0 fully saturated rings. The molecule has 0 saturated carbocycles. The van der Waals surface area contributed by atoms with Crippen molar-refractivity contribution < 1.29 is 0 Å². The molecule has 0 saturated heterocycles. The summed E-state index contributed by atoms with van der Waals surface area (Å²) in [6, 6.07) is 8.51. The highest BCUT2D eigenvalue weighted by atomic mass is 14.9. The van der Waals surface area contributed by atoms with Gasteiger partial charge in [0.15, 0.2) is 0 Å². The van der Waals surface area contributed by atoms with Crippen molar-refractivity contribution in [1.29, 1.82) is 0 Å². The first kappa shape index (κ1) is 13.7. The van der Waals surface area contributed by atoms with E-state index >= 15 is 0 Å². The van der Waals surface area contributed by atoms with Crippen molar-refractivity contribution in [3.8, 4) is 0 Å². The van der Waals surface area contributed by atoms with Crippen molar-refractivity contribution >= 4 is 10.9 Å². The molecule has 0 amide bonds. The Labute approximate surface area is 104 Å². The van der Waals surface area contributed by atoms with E-state index in [9.17, 15) is 0 Å². The smallest absolute Gasteiger partial charge is 0.0483 e. The van der Waals surface area contributed by atoms with Crippen LogP contribution in [0.3, 0.4) is 0 Å². The molecule has 17 heavy (non-hydrogen) atoms. The zero-order chi connectivity index (χ0) is 12.7. The fourth-order valence-electron chi connectivity index (χ4n) is 1.94. The third-order valence-electron chi connectivity index (χ3n) is 2.63. The predicted octanol–water partition coefficient (Wildman–Crippen LogP) is 2.00. The van der Waals surface area contributed by atoms with Crippen LogP contribution in [0, 0.1) is 0 Å². The van der Waals surface area contributed by atoms with E-state index in [4.69, 9.17) is 5.73 Å². The van der Waals surface area contributed by atoms with Crippen LogP contribution in [0.2, 0.25) is 0 Å². The third-order valence-corrected chi connectivity index (χ3v) is 2.63. The summed E-state index contributed by atoms with van der Waals surface area (Å²) in [5, 5.41) is 4.10. The number of para-hydroxylation sites is 1. The molecule has 0 atom stereocenters. The van der Waals surface area contributed by atoms with Crippen LogP contribution in [0.25, 0.3) is 10.9 Å². The number of aromatic nitrogens is 1. The summed E-state index contributed by atoms with van der Waals surface area (Å²) in [7, 11) is 3.75. The summed E-state index contributed by atoms with van der Waals surface area (Å²) < 4.78 is 2.28. The lowest BCUT2D eigenvalue weighted by Gasteiger charge is -1.98. The maximum Gasteiger partial charge on any atom is 0.0483 e. The van der Waals surface area contributed by atoms with Gasteiger partial charge in [0.25, 0.3) is 0 Å². The lowest BCUT2D eigenvalue weighted by molar-refractivity contribution is 0.790. The molecule has 0 aliphatic carbocycles. The predicted molar refractivity (Wildman–Crippen MR) is 75.4 cm³/mol. The van der Waals surface area contributed by atoms with E-state index in [0.29, 0.717) is 0 Å². The summed E-state index contributed by atoms with van der Waals surface area (Å²) >= 11 is 0. The van der Waals surface area contributed by atoms with Crippen LogP contribution in [0.4, 0.5) is 0 Å². The second kappa shape index (κ2) is 7.09. The van der Waals surface area contributed by atoms with E-state index in [1.807, 2.05) is 14.1 Å². The van der Waals surface area contributed by atoms with Gasteiger partial charge in [0.05, 0.1) is 0 Å². The number of benzene rings is 1. The number of nitrogens with one attached hydrogen (secondary N) is 1.